The summed E-state index contributed by atoms with van der Waals surface area (Å²) in [6.45, 7) is 3.98. The molecule has 0 aliphatic rings. The molecule has 1 N–H and O–H groups in total. The van der Waals surface area contributed by atoms with Gasteiger partial charge in [0.1, 0.15) is 6.10 Å². The normalized spacial score (nSPS) is 14.4. The molecule has 1 rings (SSSR count). The molecule has 1 aromatic rings. The van der Waals surface area contributed by atoms with E-state index in [-0.39, 0.29) is 6.10 Å². The lowest BCUT2D eigenvalue weighted by atomic mass is 10.1. The van der Waals surface area contributed by atoms with Crippen molar-refractivity contribution in [2.75, 3.05) is 33.5 Å². The first-order chi connectivity index (χ1) is 8.75. The van der Waals surface area contributed by atoms with Crippen molar-refractivity contribution in [3.05, 3.63) is 35.9 Å². The van der Waals surface area contributed by atoms with E-state index in [1.807, 2.05) is 37.3 Å². The summed E-state index contributed by atoms with van der Waals surface area (Å²) in [5.74, 6) is 0. The molecule has 0 aromatic heterocycles. The molecule has 4 nitrogen and oxygen atoms in total. The first-order valence-electron chi connectivity index (χ1n) is 6.17. The molecule has 18 heavy (non-hydrogen) atoms. The van der Waals surface area contributed by atoms with Gasteiger partial charge in [0, 0.05) is 7.11 Å². The minimum atomic E-state index is -0.606. The molecule has 0 amide bonds. The Balaban J connectivity index is 2.18. The van der Waals surface area contributed by atoms with Crippen LogP contribution in [0, 0.1) is 0 Å². The molecule has 4 heteroatoms. The molecule has 0 aliphatic carbocycles. The summed E-state index contributed by atoms with van der Waals surface area (Å²) in [6.07, 6.45) is -0.858. The average Bonchev–Trinajstić information content (AvgIpc) is 2.42. The van der Waals surface area contributed by atoms with Gasteiger partial charge in [0.2, 0.25) is 0 Å². The Hall–Kier alpha value is -0.940. The van der Waals surface area contributed by atoms with E-state index in [1.54, 1.807) is 7.11 Å². The largest absolute Gasteiger partial charge is 0.386 e. The zero-order valence-corrected chi connectivity index (χ0v) is 11.0. The molecule has 0 fully saturated rings. The van der Waals surface area contributed by atoms with Gasteiger partial charge in [-0.05, 0) is 12.5 Å². The number of ether oxygens (including phenoxy) is 3. The number of hydrogen-bond acceptors (Lipinski definition) is 4. The maximum Gasteiger partial charge on any atom is 0.105 e. The molecule has 0 saturated heterocycles. The van der Waals surface area contributed by atoms with Crippen LogP contribution in [0.2, 0.25) is 0 Å². The van der Waals surface area contributed by atoms with Crippen LogP contribution in [0.25, 0.3) is 0 Å². The summed E-state index contributed by atoms with van der Waals surface area (Å²) in [5.41, 5.74) is 0.866. The van der Waals surface area contributed by atoms with Gasteiger partial charge in [-0.25, -0.2) is 0 Å². The minimum absolute atomic E-state index is 0.251. The molecular weight excluding hydrogens is 232 g/mol. The molecule has 0 radical (unpaired) electrons. The summed E-state index contributed by atoms with van der Waals surface area (Å²) in [6, 6.07) is 9.50. The third-order valence-corrected chi connectivity index (χ3v) is 2.63. The highest BCUT2D eigenvalue weighted by Gasteiger charge is 2.16. The average molecular weight is 254 g/mol. The Bertz CT molecular complexity index is 302. The first-order valence-corrected chi connectivity index (χ1v) is 6.17. The fourth-order valence-electron chi connectivity index (χ4n) is 1.55. The summed E-state index contributed by atoms with van der Waals surface area (Å²) in [5, 5.41) is 10.0. The van der Waals surface area contributed by atoms with Gasteiger partial charge in [0.15, 0.2) is 0 Å². The van der Waals surface area contributed by atoms with Crippen molar-refractivity contribution in [1.29, 1.82) is 0 Å². The molecular formula is C14H22O4. The molecule has 2 atom stereocenters. The minimum Gasteiger partial charge on any atom is -0.386 e. The molecule has 0 saturated carbocycles. The maximum atomic E-state index is 10.0. The van der Waals surface area contributed by atoms with Crippen molar-refractivity contribution < 1.29 is 19.3 Å². The maximum absolute atomic E-state index is 10.0. The molecule has 0 bridgehead atoms. The van der Waals surface area contributed by atoms with Gasteiger partial charge in [-0.15, -0.1) is 0 Å². The van der Waals surface area contributed by atoms with Crippen molar-refractivity contribution in [2.45, 2.75) is 19.1 Å². The fourth-order valence-corrected chi connectivity index (χ4v) is 1.55. The Morgan fingerprint density at radius 3 is 2.39 bits per heavy atom. The van der Waals surface area contributed by atoms with Crippen LogP contribution in [0.5, 0.6) is 0 Å². The van der Waals surface area contributed by atoms with Gasteiger partial charge in [-0.1, -0.05) is 30.3 Å². The Kier molecular flexibility index (Phi) is 7.60. The van der Waals surface area contributed by atoms with Crippen LogP contribution in [-0.4, -0.2) is 44.7 Å². The van der Waals surface area contributed by atoms with Crippen LogP contribution in [0.3, 0.4) is 0 Å². The SMILES string of the molecule is COCCOCCOC(C)C(O)c1ccccc1. The lowest BCUT2D eigenvalue weighted by Gasteiger charge is -2.19. The topological polar surface area (TPSA) is 47.9 Å². The monoisotopic (exact) mass is 254 g/mol. The van der Waals surface area contributed by atoms with Gasteiger partial charge in [0.25, 0.3) is 0 Å². The van der Waals surface area contributed by atoms with E-state index in [1.165, 1.54) is 0 Å². The second-order valence-corrected chi connectivity index (χ2v) is 4.04. The second-order valence-electron chi connectivity index (χ2n) is 4.04. The van der Waals surface area contributed by atoms with Crippen LogP contribution in [0.15, 0.2) is 30.3 Å². The van der Waals surface area contributed by atoms with Crippen molar-refractivity contribution in [1.82, 2.24) is 0 Å². The van der Waals surface area contributed by atoms with Crippen molar-refractivity contribution in [3.63, 3.8) is 0 Å². The standard InChI is InChI=1S/C14H22O4/c1-12(18-11-10-17-9-8-16-2)14(15)13-6-4-3-5-7-13/h3-7,12,14-15H,8-11H2,1-2H3. The van der Waals surface area contributed by atoms with Gasteiger partial charge in [0.05, 0.1) is 32.5 Å². The zero-order valence-electron chi connectivity index (χ0n) is 11.0. The Morgan fingerprint density at radius 2 is 1.72 bits per heavy atom. The molecule has 0 aliphatic heterocycles. The number of aliphatic hydroxyl groups is 1. The van der Waals surface area contributed by atoms with E-state index in [0.717, 1.165) is 5.56 Å². The smallest absolute Gasteiger partial charge is 0.105 e. The summed E-state index contributed by atoms with van der Waals surface area (Å²) >= 11 is 0. The number of aliphatic hydroxyl groups excluding tert-OH is 1. The lowest BCUT2D eigenvalue weighted by molar-refractivity contribution is -0.0517. The van der Waals surface area contributed by atoms with Crippen LogP contribution in [0.1, 0.15) is 18.6 Å². The fraction of sp³-hybridized carbons (Fsp3) is 0.571. The number of methoxy groups -OCH3 is 1. The zero-order chi connectivity index (χ0) is 13.2. The third kappa shape index (κ3) is 5.60. The summed E-state index contributed by atoms with van der Waals surface area (Å²) in [4.78, 5) is 0. The second kappa shape index (κ2) is 9.05. The van der Waals surface area contributed by atoms with Gasteiger partial charge >= 0.3 is 0 Å². The van der Waals surface area contributed by atoms with E-state index < -0.39 is 6.10 Å². The molecule has 1 aromatic carbocycles. The highest BCUT2D eigenvalue weighted by atomic mass is 16.5. The highest BCUT2D eigenvalue weighted by Crippen LogP contribution is 2.18. The van der Waals surface area contributed by atoms with Gasteiger partial charge in [-0.2, -0.15) is 0 Å². The molecule has 102 valence electrons. The third-order valence-electron chi connectivity index (χ3n) is 2.63. The van der Waals surface area contributed by atoms with Crippen LogP contribution >= 0.6 is 0 Å². The molecule has 0 spiro atoms. The quantitative estimate of drug-likeness (QED) is 0.682. The van der Waals surface area contributed by atoms with E-state index in [4.69, 9.17) is 14.2 Å². The summed E-state index contributed by atoms with van der Waals surface area (Å²) in [7, 11) is 1.64. The molecule has 2 unspecified atom stereocenters. The van der Waals surface area contributed by atoms with Gasteiger partial charge in [-0.3, -0.25) is 0 Å². The van der Waals surface area contributed by atoms with E-state index in [2.05, 4.69) is 0 Å². The number of benzene rings is 1. The lowest BCUT2D eigenvalue weighted by Crippen LogP contribution is -2.21. The number of rotatable bonds is 9. The van der Waals surface area contributed by atoms with E-state index in [9.17, 15) is 5.11 Å². The van der Waals surface area contributed by atoms with Crippen molar-refractivity contribution >= 4 is 0 Å². The highest BCUT2D eigenvalue weighted by molar-refractivity contribution is 5.18. The van der Waals surface area contributed by atoms with Crippen LogP contribution in [0.4, 0.5) is 0 Å². The summed E-state index contributed by atoms with van der Waals surface area (Å²) < 4.78 is 15.7. The molecule has 0 heterocycles. The van der Waals surface area contributed by atoms with E-state index >= 15 is 0 Å². The van der Waals surface area contributed by atoms with Crippen molar-refractivity contribution in [2.24, 2.45) is 0 Å². The van der Waals surface area contributed by atoms with Crippen LogP contribution < -0.4 is 0 Å². The predicted molar refractivity (Wildman–Crippen MR) is 69.5 cm³/mol. The Morgan fingerprint density at radius 1 is 1.06 bits per heavy atom. The number of hydrogen-bond donors (Lipinski definition) is 1. The van der Waals surface area contributed by atoms with Gasteiger partial charge < -0.3 is 19.3 Å². The predicted octanol–water partition coefficient (Wildman–Crippen LogP) is 1.79. The Labute approximate surface area is 108 Å². The van der Waals surface area contributed by atoms with Crippen molar-refractivity contribution in [3.8, 4) is 0 Å². The van der Waals surface area contributed by atoms with Crippen LogP contribution in [-0.2, 0) is 14.2 Å². The first kappa shape index (κ1) is 15.1. The van der Waals surface area contributed by atoms with E-state index in [0.29, 0.717) is 26.4 Å².